The van der Waals surface area contributed by atoms with Gasteiger partial charge in [-0.3, -0.25) is 4.79 Å². The molecule has 1 amide bonds. The lowest BCUT2D eigenvalue weighted by Gasteiger charge is -2.08. The van der Waals surface area contributed by atoms with Crippen molar-refractivity contribution in [3.05, 3.63) is 63.0 Å². The molecular weight excluding hydrogens is 349 g/mol. The lowest BCUT2D eigenvalue weighted by atomic mass is 10.0. The molecule has 0 saturated carbocycles. The molecule has 1 N–H and O–H groups in total. The van der Waals surface area contributed by atoms with Crippen LogP contribution < -0.4 is 5.32 Å². The Kier molecular flexibility index (Phi) is 4.62. The van der Waals surface area contributed by atoms with Gasteiger partial charge < -0.3 is 5.32 Å². The number of rotatable bonds is 3. The molecule has 0 bridgehead atoms. The standard InChI is InChI=1S/C18H15Cl2NOS/c1-10(2)11-6-8-12(9-7-11)21-18(22)17-16(20)15-13(19)4-3-5-14(15)23-17/h3-10H,1-2H3,(H,21,22). The second-order valence-electron chi connectivity index (χ2n) is 5.59. The molecule has 5 heteroatoms. The molecule has 0 aliphatic carbocycles. The van der Waals surface area contributed by atoms with Gasteiger partial charge in [-0.1, -0.05) is 55.2 Å². The Morgan fingerprint density at radius 3 is 2.39 bits per heavy atom. The Balaban J connectivity index is 1.89. The second kappa shape index (κ2) is 6.52. The number of halogens is 2. The third-order valence-corrected chi connectivity index (χ3v) is 5.61. The lowest BCUT2D eigenvalue weighted by molar-refractivity contribution is 0.103. The van der Waals surface area contributed by atoms with E-state index in [1.165, 1.54) is 16.9 Å². The first-order valence-corrected chi connectivity index (χ1v) is 8.82. The molecule has 3 aromatic rings. The highest BCUT2D eigenvalue weighted by Gasteiger charge is 2.19. The van der Waals surface area contributed by atoms with Gasteiger partial charge in [0.1, 0.15) is 4.88 Å². The quantitative estimate of drug-likeness (QED) is 0.558. The predicted octanol–water partition coefficient (Wildman–Crippen LogP) is 6.58. The van der Waals surface area contributed by atoms with Crippen molar-refractivity contribution in [3.63, 3.8) is 0 Å². The molecule has 3 rings (SSSR count). The third-order valence-electron chi connectivity index (χ3n) is 3.65. The average molecular weight is 364 g/mol. The molecule has 0 saturated heterocycles. The van der Waals surface area contributed by atoms with E-state index in [1.54, 1.807) is 6.07 Å². The molecule has 1 aromatic heterocycles. The third kappa shape index (κ3) is 3.23. The smallest absolute Gasteiger partial charge is 0.267 e. The van der Waals surface area contributed by atoms with E-state index in [0.29, 0.717) is 20.8 Å². The van der Waals surface area contributed by atoms with Crippen LogP contribution in [0.1, 0.15) is 35.0 Å². The summed E-state index contributed by atoms with van der Waals surface area (Å²) in [6, 6.07) is 13.4. The van der Waals surface area contributed by atoms with Crippen molar-refractivity contribution in [2.45, 2.75) is 19.8 Å². The second-order valence-corrected chi connectivity index (χ2v) is 7.43. The van der Waals surface area contributed by atoms with Gasteiger partial charge in [0.15, 0.2) is 0 Å². The number of amides is 1. The van der Waals surface area contributed by atoms with Crippen molar-refractivity contribution in [2.24, 2.45) is 0 Å². The summed E-state index contributed by atoms with van der Waals surface area (Å²) in [4.78, 5) is 13.0. The molecular formula is C18H15Cl2NOS. The lowest BCUT2D eigenvalue weighted by Crippen LogP contribution is -2.10. The summed E-state index contributed by atoms with van der Waals surface area (Å²) in [7, 11) is 0. The van der Waals surface area contributed by atoms with E-state index in [0.717, 1.165) is 15.8 Å². The first kappa shape index (κ1) is 16.3. The Morgan fingerprint density at radius 1 is 1.09 bits per heavy atom. The molecule has 0 atom stereocenters. The molecule has 0 aliphatic heterocycles. The van der Waals surface area contributed by atoms with Gasteiger partial charge in [-0.2, -0.15) is 0 Å². The number of fused-ring (bicyclic) bond motifs is 1. The van der Waals surface area contributed by atoms with E-state index in [4.69, 9.17) is 23.2 Å². The minimum atomic E-state index is -0.218. The van der Waals surface area contributed by atoms with Crippen LogP contribution in [0, 0.1) is 0 Å². The maximum atomic E-state index is 12.5. The molecule has 0 fully saturated rings. The van der Waals surface area contributed by atoms with E-state index in [1.807, 2.05) is 36.4 Å². The zero-order valence-corrected chi connectivity index (χ0v) is 15.0. The van der Waals surface area contributed by atoms with Gasteiger partial charge in [-0.15, -0.1) is 11.3 Å². The Labute approximate surface area is 149 Å². The zero-order chi connectivity index (χ0) is 16.6. The molecule has 0 unspecified atom stereocenters. The Hall–Kier alpha value is -1.55. The predicted molar refractivity (Wildman–Crippen MR) is 100 cm³/mol. The molecule has 1 heterocycles. The summed E-state index contributed by atoms with van der Waals surface area (Å²) < 4.78 is 0.905. The number of thiophene rings is 1. The minimum Gasteiger partial charge on any atom is -0.321 e. The van der Waals surface area contributed by atoms with Crippen LogP contribution in [-0.4, -0.2) is 5.91 Å². The normalized spacial score (nSPS) is 11.2. The summed E-state index contributed by atoms with van der Waals surface area (Å²) in [5.41, 5.74) is 1.98. The van der Waals surface area contributed by atoms with Gasteiger partial charge in [0.2, 0.25) is 0 Å². The Bertz CT molecular complexity index is 869. The summed E-state index contributed by atoms with van der Waals surface area (Å²) >= 11 is 13.9. The highest BCUT2D eigenvalue weighted by molar-refractivity contribution is 7.21. The van der Waals surface area contributed by atoms with Gasteiger partial charge >= 0.3 is 0 Å². The van der Waals surface area contributed by atoms with Crippen LogP contribution in [-0.2, 0) is 0 Å². The minimum absolute atomic E-state index is 0.218. The molecule has 2 nitrogen and oxygen atoms in total. The molecule has 2 aromatic carbocycles. The van der Waals surface area contributed by atoms with E-state index in [-0.39, 0.29) is 5.91 Å². The van der Waals surface area contributed by atoms with Crippen LogP contribution in [0.15, 0.2) is 42.5 Å². The van der Waals surface area contributed by atoms with Crippen LogP contribution in [0.5, 0.6) is 0 Å². The highest BCUT2D eigenvalue weighted by atomic mass is 35.5. The van der Waals surface area contributed by atoms with Gasteiger partial charge in [0, 0.05) is 15.8 Å². The fraction of sp³-hybridized carbons (Fsp3) is 0.167. The van der Waals surface area contributed by atoms with Crippen LogP contribution in [0.25, 0.3) is 10.1 Å². The van der Waals surface area contributed by atoms with Crippen molar-refractivity contribution in [1.29, 1.82) is 0 Å². The molecule has 0 spiro atoms. The van der Waals surface area contributed by atoms with Gasteiger partial charge in [-0.25, -0.2) is 0 Å². The first-order valence-electron chi connectivity index (χ1n) is 7.25. The monoisotopic (exact) mass is 363 g/mol. The number of hydrogen-bond donors (Lipinski definition) is 1. The molecule has 23 heavy (non-hydrogen) atoms. The van der Waals surface area contributed by atoms with E-state index in [2.05, 4.69) is 19.2 Å². The average Bonchev–Trinajstić information content (AvgIpc) is 2.86. The van der Waals surface area contributed by atoms with Crippen LogP contribution >= 0.6 is 34.5 Å². The fourth-order valence-electron chi connectivity index (χ4n) is 2.36. The van der Waals surface area contributed by atoms with E-state index >= 15 is 0 Å². The zero-order valence-electron chi connectivity index (χ0n) is 12.7. The Morgan fingerprint density at radius 2 is 1.78 bits per heavy atom. The van der Waals surface area contributed by atoms with Gasteiger partial charge in [0.05, 0.1) is 10.0 Å². The highest BCUT2D eigenvalue weighted by Crippen LogP contribution is 2.39. The number of anilines is 1. The van der Waals surface area contributed by atoms with Crippen molar-refractivity contribution in [3.8, 4) is 0 Å². The van der Waals surface area contributed by atoms with E-state index in [9.17, 15) is 4.79 Å². The van der Waals surface area contributed by atoms with Crippen molar-refractivity contribution < 1.29 is 4.79 Å². The summed E-state index contributed by atoms with van der Waals surface area (Å²) in [6.07, 6.45) is 0. The SMILES string of the molecule is CC(C)c1ccc(NC(=O)c2sc3cccc(Cl)c3c2Cl)cc1. The number of nitrogens with one attached hydrogen (secondary N) is 1. The summed E-state index contributed by atoms with van der Waals surface area (Å²) in [6.45, 7) is 4.27. The maximum absolute atomic E-state index is 12.5. The van der Waals surface area contributed by atoms with Gasteiger partial charge in [0.25, 0.3) is 5.91 Å². The summed E-state index contributed by atoms with van der Waals surface area (Å²) in [5, 5.41) is 4.60. The van der Waals surface area contributed by atoms with Gasteiger partial charge in [-0.05, 0) is 35.7 Å². The first-order chi connectivity index (χ1) is 11.0. The molecule has 0 aliphatic rings. The number of carbonyl (C=O) groups excluding carboxylic acids is 1. The molecule has 118 valence electrons. The summed E-state index contributed by atoms with van der Waals surface area (Å²) in [5.74, 6) is 0.239. The van der Waals surface area contributed by atoms with Crippen LogP contribution in [0.3, 0.4) is 0 Å². The maximum Gasteiger partial charge on any atom is 0.267 e. The van der Waals surface area contributed by atoms with Crippen molar-refractivity contribution in [2.75, 3.05) is 5.32 Å². The number of benzene rings is 2. The van der Waals surface area contributed by atoms with E-state index < -0.39 is 0 Å². The number of hydrogen-bond acceptors (Lipinski definition) is 2. The fourth-order valence-corrected chi connectivity index (χ4v) is 4.21. The molecule has 0 radical (unpaired) electrons. The van der Waals surface area contributed by atoms with Crippen LogP contribution in [0.2, 0.25) is 10.0 Å². The van der Waals surface area contributed by atoms with Crippen LogP contribution in [0.4, 0.5) is 5.69 Å². The topological polar surface area (TPSA) is 29.1 Å². The van der Waals surface area contributed by atoms with Crippen molar-refractivity contribution in [1.82, 2.24) is 0 Å². The number of carbonyl (C=O) groups is 1. The largest absolute Gasteiger partial charge is 0.321 e. The van der Waals surface area contributed by atoms with Crippen molar-refractivity contribution >= 4 is 56.2 Å².